The molecular formula is C19H24ClN3O2S. The SMILES string of the molecule is CCC=CC(Cl)=CCS(=O)(=O)n1cc(CC2CCCN2)c2ncccc21. The highest BCUT2D eigenvalue weighted by Crippen LogP contribution is 2.24. The summed E-state index contributed by atoms with van der Waals surface area (Å²) in [5, 5.41) is 3.89. The second-order valence-corrected chi connectivity index (χ2v) is 8.82. The van der Waals surface area contributed by atoms with Gasteiger partial charge in [0, 0.05) is 23.5 Å². The minimum atomic E-state index is -3.56. The maximum Gasteiger partial charge on any atom is 0.242 e. The van der Waals surface area contributed by atoms with Crippen molar-refractivity contribution in [1.82, 2.24) is 14.3 Å². The fourth-order valence-electron chi connectivity index (χ4n) is 3.23. The third-order valence-corrected chi connectivity index (χ3v) is 6.30. The highest BCUT2D eigenvalue weighted by molar-refractivity contribution is 7.90. The van der Waals surface area contributed by atoms with Crippen LogP contribution < -0.4 is 5.32 Å². The van der Waals surface area contributed by atoms with E-state index in [2.05, 4.69) is 10.3 Å². The van der Waals surface area contributed by atoms with Crippen LogP contribution in [0.1, 0.15) is 31.7 Å². The Morgan fingerprint density at radius 3 is 3.08 bits per heavy atom. The molecule has 3 heterocycles. The van der Waals surface area contributed by atoms with E-state index < -0.39 is 10.0 Å². The third kappa shape index (κ3) is 4.37. The van der Waals surface area contributed by atoms with Crippen LogP contribution in [0.4, 0.5) is 0 Å². The number of hydrogen-bond donors (Lipinski definition) is 1. The monoisotopic (exact) mass is 393 g/mol. The number of pyridine rings is 1. The minimum absolute atomic E-state index is 0.153. The highest BCUT2D eigenvalue weighted by atomic mass is 35.5. The first-order chi connectivity index (χ1) is 12.5. The minimum Gasteiger partial charge on any atom is -0.314 e. The van der Waals surface area contributed by atoms with Crippen molar-refractivity contribution < 1.29 is 8.42 Å². The second-order valence-electron chi connectivity index (χ2n) is 6.50. The van der Waals surface area contributed by atoms with Gasteiger partial charge in [-0.25, -0.2) is 12.4 Å². The maximum absolute atomic E-state index is 12.9. The Bertz CT molecular complexity index is 925. The van der Waals surface area contributed by atoms with E-state index in [1.165, 1.54) is 10.0 Å². The van der Waals surface area contributed by atoms with E-state index in [-0.39, 0.29) is 5.75 Å². The van der Waals surface area contributed by atoms with Crippen LogP contribution in [0.2, 0.25) is 0 Å². The van der Waals surface area contributed by atoms with Gasteiger partial charge in [-0.2, -0.15) is 0 Å². The number of halogens is 1. The van der Waals surface area contributed by atoms with Crippen molar-refractivity contribution in [1.29, 1.82) is 0 Å². The molecule has 2 aromatic rings. The van der Waals surface area contributed by atoms with Crippen LogP contribution in [0, 0.1) is 0 Å². The second kappa shape index (κ2) is 8.37. The van der Waals surface area contributed by atoms with Gasteiger partial charge < -0.3 is 5.32 Å². The van der Waals surface area contributed by atoms with Crippen LogP contribution in [-0.2, 0) is 16.4 Å². The lowest BCUT2D eigenvalue weighted by Gasteiger charge is -2.08. The van der Waals surface area contributed by atoms with Crippen molar-refractivity contribution in [2.45, 2.75) is 38.6 Å². The summed E-state index contributed by atoms with van der Waals surface area (Å²) in [4.78, 5) is 4.43. The standard InChI is InChI=1S/C19H24ClN3O2S/c1-2-3-6-16(20)9-12-26(24,25)23-14-15(13-17-7-4-10-21-17)19-18(23)8-5-11-22-19/h3,5-6,8-9,11,14,17,21H,2,4,7,10,12-13H2,1H3. The van der Waals surface area contributed by atoms with Crippen molar-refractivity contribution in [2.24, 2.45) is 0 Å². The predicted molar refractivity (Wildman–Crippen MR) is 107 cm³/mol. The first kappa shape index (κ1) is 19.1. The summed E-state index contributed by atoms with van der Waals surface area (Å²) < 4.78 is 27.1. The summed E-state index contributed by atoms with van der Waals surface area (Å²) >= 11 is 6.07. The van der Waals surface area contributed by atoms with E-state index in [0.29, 0.717) is 16.6 Å². The summed E-state index contributed by atoms with van der Waals surface area (Å²) in [7, 11) is -3.56. The molecule has 1 N–H and O–H groups in total. The topological polar surface area (TPSA) is 64.0 Å². The number of fused-ring (bicyclic) bond motifs is 1. The lowest BCUT2D eigenvalue weighted by atomic mass is 10.1. The Kier molecular flexibility index (Phi) is 6.16. The zero-order valence-electron chi connectivity index (χ0n) is 14.9. The molecule has 2 aromatic heterocycles. The first-order valence-electron chi connectivity index (χ1n) is 8.95. The largest absolute Gasteiger partial charge is 0.314 e. The number of hydrogen-bond acceptors (Lipinski definition) is 4. The Morgan fingerprint density at radius 1 is 1.50 bits per heavy atom. The van der Waals surface area contributed by atoms with E-state index in [0.717, 1.165) is 43.3 Å². The fourth-order valence-corrected chi connectivity index (χ4v) is 4.78. The molecule has 1 atom stereocenters. The molecule has 7 heteroatoms. The molecule has 5 nitrogen and oxygen atoms in total. The molecular weight excluding hydrogens is 370 g/mol. The van der Waals surface area contributed by atoms with Gasteiger partial charge in [-0.05, 0) is 62.1 Å². The van der Waals surface area contributed by atoms with Crippen LogP contribution in [-0.4, -0.2) is 35.7 Å². The molecule has 1 aliphatic rings. The van der Waals surface area contributed by atoms with Crippen LogP contribution in [0.15, 0.2) is 47.8 Å². The van der Waals surface area contributed by atoms with Gasteiger partial charge in [0.2, 0.25) is 10.0 Å². The number of nitrogens with zero attached hydrogens (tertiary/aromatic N) is 2. The van der Waals surface area contributed by atoms with Crippen molar-refractivity contribution in [3.8, 4) is 0 Å². The van der Waals surface area contributed by atoms with Crippen LogP contribution in [0.25, 0.3) is 11.0 Å². The van der Waals surface area contributed by atoms with Gasteiger partial charge in [-0.3, -0.25) is 4.98 Å². The quantitative estimate of drug-likeness (QED) is 0.730. The van der Waals surface area contributed by atoms with Crippen molar-refractivity contribution in [3.05, 3.63) is 53.4 Å². The van der Waals surface area contributed by atoms with Gasteiger partial charge in [0.1, 0.15) is 0 Å². The van der Waals surface area contributed by atoms with Gasteiger partial charge in [-0.15, -0.1) is 0 Å². The normalized spacial score (nSPS) is 19.0. The van der Waals surface area contributed by atoms with E-state index in [9.17, 15) is 8.42 Å². The van der Waals surface area contributed by atoms with E-state index in [1.54, 1.807) is 30.6 Å². The van der Waals surface area contributed by atoms with E-state index >= 15 is 0 Å². The number of allylic oxidation sites excluding steroid dienone is 3. The van der Waals surface area contributed by atoms with Crippen LogP contribution in [0.3, 0.4) is 0 Å². The zero-order chi connectivity index (χ0) is 18.6. The summed E-state index contributed by atoms with van der Waals surface area (Å²) in [5.74, 6) is -0.153. The van der Waals surface area contributed by atoms with Gasteiger partial charge in [-0.1, -0.05) is 24.6 Å². The molecule has 140 valence electrons. The molecule has 3 rings (SSSR count). The third-order valence-electron chi connectivity index (χ3n) is 4.53. The molecule has 1 saturated heterocycles. The fraction of sp³-hybridized carbons (Fsp3) is 0.421. The van der Waals surface area contributed by atoms with Crippen LogP contribution in [0.5, 0.6) is 0 Å². The molecule has 0 amide bonds. The average Bonchev–Trinajstić information content (AvgIpc) is 3.27. The summed E-state index contributed by atoms with van der Waals surface area (Å²) in [6.07, 6.45) is 12.5. The number of aromatic nitrogens is 2. The van der Waals surface area contributed by atoms with Gasteiger partial charge in [0.05, 0.1) is 16.8 Å². The Hall–Kier alpha value is -1.63. The molecule has 0 aromatic carbocycles. The van der Waals surface area contributed by atoms with E-state index in [4.69, 9.17) is 11.6 Å². The molecule has 1 fully saturated rings. The molecule has 0 aliphatic carbocycles. The van der Waals surface area contributed by atoms with Crippen LogP contribution >= 0.6 is 11.6 Å². The lowest BCUT2D eigenvalue weighted by Crippen LogP contribution is -2.23. The Balaban J connectivity index is 1.92. The van der Waals surface area contributed by atoms with Crippen molar-refractivity contribution in [2.75, 3.05) is 12.3 Å². The average molecular weight is 394 g/mol. The molecule has 0 spiro atoms. The molecule has 26 heavy (non-hydrogen) atoms. The summed E-state index contributed by atoms with van der Waals surface area (Å²) in [6.45, 7) is 3.01. The Morgan fingerprint density at radius 2 is 2.35 bits per heavy atom. The van der Waals surface area contributed by atoms with Gasteiger partial charge in [0.15, 0.2) is 0 Å². The maximum atomic E-state index is 12.9. The molecule has 1 aliphatic heterocycles. The summed E-state index contributed by atoms with van der Waals surface area (Å²) in [6, 6.07) is 3.94. The smallest absolute Gasteiger partial charge is 0.242 e. The number of rotatable bonds is 7. The van der Waals surface area contributed by atoms with Gasteiger partial charge in [0.25, 0.3) is 0 Å². The van der Waals surface area contributed by atoms with Gasteiger partial charge >= 0.3 is 0 Å². The highest BCUT2D eigenvalue weighted by Gasteiger charge is 2.22. The zero-order valence-corrected chi connectivity index (χ0v) is 16.4. The molecule has 0 saturated carbocycles. The van der Waals surface area contributed by atoms with Crippen molar-refractivity contribution in [3.63, 3.8) is 0 Å². The predicted octanol–water partition coefficient (Wildman–Crippen LogP) is 3.60. The molecule has 0 bridgehead atoms. The number of nitrogens with one attached hydrogen (secondary N) is 1. The van der Waals surface area contributed by atoms with Crippen molar-refractivity contribution >= 4 is 32.7 Å². The lowest BCUT2D eigenvalue weighted by molar-refractivity contribution is 0.590. The van der Waals surface area contributed by atoms with E-state index in [1.807, 2.05) is 13.0 Å². The summed E-state index contributed by atoms with van der Waals surface area (Å²) in [5.41, 5.74) is 2.34. The molecule has 1 unspecified atom stereocenters. The Labute approximate surface area is 159 Å². The molecule has 0 radical (unpaired) electrons. The first-order valence-corrected chi connectivity index (χ1v) is 10.9.